The van der Waals surface area contributed by atoms with Crippen molar-refractivity contribution in [2.75, 3.05) is 12.4 Å². The zero-order valence-electron chi connectivity index (χ0n) is 22.1. The van der Waals surface area contributed by atoms with Crippen molar-refractivity contribution in [3.8, 4) is 11.5 Å². The summed E-state index contributed by atoms with van der Waals surface area (Å²) in [6, 6.07) is 9.30. The van der Waals surface area contributed by atoms with Crippen LogP contribution in [0.4, 0.5) is 0 Å². The molecule has 0 heterocycles. The van der Waals surface area contributed by atoms with Crippen LogP contribution >= 0.6 is 11.8 Å². The first-order valence-electron chi connectivity index (χ1n) is 12.7. The number of phenols is 1. The van der Waals surface area contributed by atoms with Gasteiger partial charge in [0.1, 0.15) is 11.5 Å². The Morgan fingerprint density at radius 2 is 1.78 bits per heavy atom. The largest absolute Gasteiger partial charge is 0.507 e. The van der Waals surface area contributed by atoms with Crippen LogP contribution in [0.3, 0.4) is 0 Å². The summed E-state index contributed by atoms with van der Waals surface area (Å²) in [5.41, 5.74) is 2.14. The molecule has 0 fully saturated rings. The van der Waals surface area contributed by atoms with E-state index in [1.54, 1.807) is 37.7 Å². The number of carboxylic acids is 1. The van der Waals surface area contributed by atoms with Gasteiger partial charge in [0.15, 0.2) is 5.78 Å². The Kier molecular flexibility index (Phi) is 11.3. The zero-order chi connectivity index (χ0) is 26.9. The highest BCUT2D eigenvalue weighted by molar-refractivity contribution is 7.99. The third-order valence-corrected chi connectivity index (χ3v) is 7.39. The van der Waals surface area contributed by atoms with E-state index in [0.29, 0.717) is 29.9 Å². The molecule has 0 amide bonds. The third-order valence-electron chi connectivity index (χ3n) is 6.19. The minimum Gasteiger partial charge on any atom is -0.507 e. The topological polar surface area (TPSA) is 104 Å². The first kappa shape index (κ1) is 29.7. The lowest BCUT2D eigenvalue weighted by atomic mass is 9.79. The van der Waals surface area contributed by atoms with Crippen molar-refractivity contribution < 1.29 is 29.6 Å². The van der Waals surface area contributed by atoms with Crippen molar-refractivity contribution in [1.82, 2.24) is 0 Å². The quantitative estimate of drug-likeness (QED) is 0.139. The maximum Gasteiger partial charge on any atom is 0.303 e. The number of carbonyl (C=O) groups excluding carboxylic acids is 1. The molecule has 3 N–H and O–H groups in total. The summed E-state index contributed by atoms with van der Waals surface area (Å²) in [6.07, 6.45) is 3.14. The molecule has 0 saturated carbocycles. The van der Waals surface area contributed by atoms with Crippen molar-refractivity contribution in [1.29, 1.82) is 0 Å². The summed E-state index contributed by atoms with van der Waals surface area (Å²) < 4.78 is 5.97. The number of rotatable bonds is 15. The van der Waals surface area contributed by atoms with Crippen molar-refractivity contribution in [3.05, 3.63) is 52.6 Å². The van der Waals surface area contributed by atoms with Crippen molar-refractivity contribution in [2.24, 2.45) is 5.41 Å². The van der Waals surface area contributed by atoms with Gasteiger partial charge < -0.3 is 20.1 Å². The lowest BCUT2D eigenvalue weighted by Gasteiger charge is -2.29. The number of aliphatic hydroxyl groups excluding tert-OH is 1. The van der Waals surface area contributed by atoms with Crippen LogP contribution in [0, 0.1) is 5.41 Å². The zero-order valence-corrected chi connectivity index (χ0v) is 22.9. The third kappa shape index (κ3) is 8.00. The van der Waals surface area contributed by atoms with E-state index in [1.807, 2.05) is 25.1 Å². The Labute approximate surface area is 219 Å². The molecule has 2 rings (SSSR count). The molecule has 36 heavy (non-hydrogen) atoms. The van der Waals surface area contributed by atoms with Crippen molar-refractivity contribution >= 4 is 23.5 Å². The van der Waals surface area contributed by atoms with Gasteiger partial charge in [0.25, 0.3) is 0 Å². The van der Waals surface area contributed by atoms with Gasteiger partial charge in [-0.05, 0) is 55.5 Å². The average Bonchev–Trinajstić information content (AvgIpc) is 2.80. The number of carboxylic acid groups (broad SMARTS) is 1. The number of ether oxygens (including phenoxy) is 1. The van der Waals surface area contributed by atoms with E-state index in [0.717, 1.165) is 47.5 Å². The number of benzene rings is 2. The van der Waals surface area contributed by atoms with Crippen LogP contribution in [0.25, 0.3) is 0 Å². The van der Waals surface area contributed by atoms with Gasteiger partial charge in [0.2, 0.25) is 0 Å². The number of ketones is 1. The Bertz CT molecular complexity index is 1050. The highest BCUT2D eigenvalue weighted by Gasteiger charge is 2.32. The number of hydrogen-bond donors (Lipinski definition) is 3. The standard InChI is InChI=1S/C29H40O6S/c1-6-9-20-17-21(28(34)29(4,5)18-26(31)32)11-14-25(20)36-16-8-15-35-24-13-12-22(19(3)30)27(33)23(24)10-7-2/h11-14,17,28,33-34H,6-10,15-16,18H2,1-5H3,(H,31,32). The fourth-order valence-corrected chi connectivity index (χ4v) is 5.26. The van der Waals surface area contributed by atoms with Gasteiger partial charge >= 0.3 is 5.97 Å². The molecule has 2 aromatic carbocycles. The molecule has 0 spiro atoms. The minimum absolute atomic E-state index is 0.0224. The van der Waals surface area contributed by atoms with Gasteiger partial charge in [-0.3, -0.25) is 9.59 Å². The van der Waals surface area contributed by atoms with Crippen LogP contribution < -0.4 is 4.74 Å². The number of Topliss-reactive ketones (excluding diaryl/α,β-unsaturated/α-hetero) is 1. The molecule has 0 saturated heterocycles. The number of carbonyl (C=O) groups is 2. The van der Waals surface area contributed by atoms with E-state index in [9.17, 15) is 24.9 Å². The Morgan fingerprint density at radius 1 is 1.08 bits per heavy atom. The summed E-state index contributed by atoms with van der Waals surface area (Å²) in [4.78, 5) is 24.1. The van der Waals surface area contributed by atoms with E-state index in [1.165, 1.54) is 6.92 Å². The first-order chi connectivity index (χ1) is 17.0. The summed E-state index contributed by atoms with van der Waals surface area (Å²) in [7, 11) is 0. The predicted molar refractivity (Wildman–Crippen MR) is 144 cm³/mol. The molecule has 7 heteroatoms. The maximum atomic E-state index is 11.8. The van der Waals surface area contributed by atoms with Crippen molar-refractivity contribution in [3.63, 3.8) is 0 Å². The molecule has 0 aliphatic rings. The smallest absolute Gasteiger partial charge is 0.303 e. The molecule has 2 aromatic rings. The Morgan fingerprint density at radius 3 is 2.39 bits per heavy atom. The highest BCUT2D eigenvalue weighted by atomic mass is 32.2. The van der Waals surface area contributed by atoms with E-state index in [4.69, 9.17) is 4.74 Å². The van der Waals surface area contributed by atoms with Crippen molar-refractivity contribution in [2.45, 2.75) is 84.1 Å². The summed E-state index contributed by atoms with van der Waals surface area (Å²) in [5.74, 6) is 0.394. The fourth-order valence-electron chi connectivity index (χ4n) is 4.26. The fraction of sp³-hybridized carbons (Fsp3) is 0.517. The Hall–Kier alpha value is -2.51. The number of aliphatic hydroxyl groups is 1. The molecular weight excluding hydrogens is 476 g/mol. The lowest BCUT2D eigenvalue weighted by Crippen LogP contribution is -2.25. The van der Waals surface area contributed by atoms with Gasteiger partial charge in [-0.25, -0.2) is 0 Å². The van der Waals surface area contributed by atoms with Crippen LogP contribution in [-0.4, -0.2) is 39.4 Å². The molecule has 6 nitrogen and oxygen atoms in total. The molecule has 0 aliphatic heterocycles. The molecule has 0 aliphatic carbocycles. The van der Waals surface area contributed by atoms with Crippen LogP contribution in [0.2, 0.25) is 0 Å². The second kappa shape index (κ2) is 13.7. The molecular formula is C29H40O6S. The van der Waals surface area contributed by atoms with E-state index < -0.39 is 17.5 Å². The maximum absolute atomic E-state index is 11.8. The molecule has 1 unspecified atom stereocenters. The summed E-state index contributed by atoms with van der Waals surface area (Å²) in [5, 5.41) is 30.5. The second-order valence-electron chi connectivity index (χ2n) is 9.87. The Balaban J connectivity index is 2.03. The van der Waals surface area contributed by atoms with E-state index >= 15 is 0 Å². The molecule has 0 aromatic heterocycles. The SMILES string of the molecule is CCCc1cc(C(O)C(C)(C)CC(=O)O)ccc1SCCCOc1ccc(C(C)=O)c(O)c1CCC. The van der Waals surface area contributed by atoms with Gasteiger partial charge in [0.05, 0.1) is 24.7 Å². The number of phenolic OH excluding ortho intramolecular Hbond substituents is 1. The predicted octanol–water partition coefficient (Wildman–Crippen LogP) is 6.60. The molecule has 198 valence electrons. The monoisotopic (exact) mass is 516 g/mol. The van der Waals surface area contributed by atoms with Gasteiger partial charge in [-0.15, -0.1) is 11.8 Å². The van der Waals surface area contributed by atoms with Crippen LogP contribution in [0.15, 0.2) is 35.2 Å². The van der Waals surface area contributed by atoms with Crippen LogP contribution in [0.1, 0.15) is 93.5 Å². The number of thioether (sulfide) groups is 1. The lowest BCUT2D eigenvalue weighted by molar-refractivity contribution is -0.141. The highest BCUT2D eigenvalue weighted by Crippen LogP contribution is 2.38. The molecule has 0 radical (unpaired) electrons. The molecule has 1 atom stereocenters. The number of hydrogen-bond acceptors (Lipinski definition) is 6. The molecule has 0 bridgehead atoms. The van der Waals surface area contributed by atoms with E-state index in [2.05, 4.69) is 6.92 Å². The summed E-state index contributed by atoms with van der Waals surface area (Å²) in [6.45, 7) is 9.61. The normalized spacial score (nSPS) is 12.4. The number of aromatic hydroxyl groups is 1. The average molecular weight is 517 g/mol. The van der Waals surface area contributed by atoms with Gasteiger partial charge in [-0.2, -0.15) is 0 Å². The summed E-state index contributed by atoms with van der Waals surface area (Å²) >= 11 is 1.73. The minimum atomic E-state index is -0.922. The second-order valence-corrected chi connectivity index (χ2v) is 11.0. The first-order valence-corrected chi connectivity index (χ1v) is 13.6. The van der Waals surface area contributed by atoms with Crippen LogP contribution in [0.5, 0.6) is 11.5 Å². The van der Waals surface area contributed by atoms with E-state index in [-0.39, 0.29) is 18.0 Å². The van der Waals surface area contributed by atoms with Crippen LogP contribution in [-0.2, 0) is 17.6 Å². The number of aryl methyl sites for hydroxylation is 1. The van der Waals surface area contributed by atoms with Gasteiger partial charge in [0, 0.05) is 21.6 Å². The number of aliphatic carboxylic acids is 1. The van der Waals surface area contributed by atoms with Gasteiger partial charge in [-0.1, -0.05) is 52.7 Å².